The molecule has 61 heavy (non-hydrogen) atoms. The summed E-state index contributed by atoms with van der Waals surface area (Å²) in [5.41, 5.74) is 4.20. The third kappa shape index (κ3) is 7.39. The van der Waals surface area contributed by atoms with E-state index in [1.54, 1.807) is 14.0 Å². The van der Waals surface area contributed by atoms with Gasteiger partial charge in [0, 0.05) is 80.9 Å². The lowest BCUT2D eigenvalue weighted by molar-refractivity contribution is -0.151. The fourth-order valence-electron chi connectivity index (χ4n) is 11.5. The number of hydrogen-bond donors (Lipinski definition) is 4. The van der Waals surface area contributed by atoms with E-state index in [1.807, 2.05) is 12.3 Å². The van der Waals surface area contributed by atoms with E-state index in [0.29, 0.717) is 66.8 Å². The van der Waals surface area contributed by atoms with Crippen molar-refractivity contribution in [1.82, 2.24) is 9.88 Å². The number of ether oxygens (including phenoxy) is 5. The monoisotopic (exact) mass is 838 g/mol. The van der Waals surface area contributed by atoms with Gasteiger partial charge in [-0.25, -0.2) is 4.79 Å². The summed E-state index contributed by atoms with van der Waals surface area (Å²) in [6.45, 7) is 4.52. The number of H-pyrrole nitrogens is 1. The summed E-state index contributed by atoms with van der Waals surface area (Å²) in [6.07, 6.45) is 8.27. The van der Waals surface area contributed by atoms with Gasteiger partial charge in [-0.2, -0.15) is 0 Å². The second-order valence-corrected chi connectivity index (χ2v) is 17.9. The number of aromatic nitrogens is 1. The number of esters is 1. The van der Waals surface area contributed by atoms with Crippen molar-refractivity contribution in [2.75, 3.05) is 53.2 Å². The van der Waals surface area contributed by atoms with Gasteiger partial charge in [-0.15, -0.1) is 0 Å². The Hall–Kier alpha value is -4.53. The number of nitrogens with one attached hydrogen (secondary N) is 1. The molecule has 2 bridgehead atoms. The first-order valence-electron chi connectivity index (χ1n) is 22.3. The Bertz CT molecular complexity index is 2280. The minimum absolute atomic E-state index is 0.00531. The van der Waals surface area contributed by atoms with Crippen LogP contribution in [0.5, 0.6) is 17.2 Å². The standard InChI is InChI=1S/C48H58N2O11/c1-3-58-47(55)46-35(24-52)41-30-9-10-39(54)33(19-30)32-18-29-11-14-49-38(29)20-28(32)8-7-27(23-51)26-59-44-34-21-40(60-43(34)36(25-53)45(61-46)42(41)44)48(56)13-4-6-31-22-50(15-5-17-57-2)16-12-37(31)48/h11,14,18,20,24,27,31,33,37,40,49,51,53,56H,3-10,12-13,15-17,19,21-23,25-26H2,1-2H3/b41-30-/t27-,31+,33-,37+,40+,48-/m1/s1. The van der Waals surface area contributed by atoms with Crippen molar-refractivity contribution in [2.45, 2.75) is 102 Å². The van der Waals surface area contributed by atoms with Crippen LogP contribution in [-0.4, -0.2) is 108 Å². The van der Waals surface area contributed by atoms with Crippen LogP contribution in [0.4, 0.5) is 0 Å². The van der Waals surface area contributed by atoms with E-state index in [1.165, 1.54) is 0 Å². The van der Waals surface area contributed by atoms with Gasteiger partial charge < -0.3 is 48.9 Å². The van der Waals surface area contributed by atoms with Crippen molar-refractivity contribution in [3.05, 3.63) is 69.1 Å². The molecule has 0 radical (unpaired) electrons. The van der Waals surface area contributed by atoms with Gasteiger partial charge in [-0.05, 0) is 111 Å². The summed E-state index contributed by atoms with van der Waals surface area (Å²) in [7, 11) is 1.72. The van der Waals surface area contributed by atoms with Crippen LogP contribution >= 0.6 is 0 Å². The third-order valence-corrected chi connectivity index (χ3v) is 14.5. The highest BCUT2D eigenvalue weighted by molar-refractivity contribution is 6.11. The highest BCUT2D eigenvalue weighted by atomic mass is 16.6. The molecule has 6 aliphatic rings. The lowest BCUT2D eigenvalue weighted by Crippen LogP contribution is -2.59. The zero-order valence-electron chi connectivity index (χ0n) is 35.3. The van der Waals surface area contributed by atoms with Crippen molar-refractivity contribution in [1.29, 1.82) is 0 Å². The number of piperidine rings is 1. The number of aliphatic hydroxyl groups excluding tert-OH is 2. The Balaban J connectivity index is 1.20. The number of benzene rings is 2. The highest BCUT2D eigenvalue weighted by Gasteiger charge is 2.55. The smallest absolute Gasteiger partial charge is 0.375 e. The average Bonchev–Trinajstić information content (AvgIpc) is 3.93. The fourth-order valence-corrected chi connectivity index (χ4v) is 11.5. The molecule has 2 aromatic carbocycles. The molecule has 13 heteroatoms. The van der Waals surface area contributed by atoms with Gasteiger partial charge >= 0.3 is 5.97 Å². The molecule has 0 unspecified atom stereocenters. The van der Waals surface area contributed by atoms with E-state index < -0.39 is 30.2 Å². The molecule has 1 saturated heterocycles. The molecule has 0 spiro atoms. The maximum absolute atomic E-state index is 14.1. The number of nitrogens with zero attached hydrogens (tertiary/aromatic N) is 1. The van der Waals surface area contributed by atoms with Gasteiger partial charge in [-0.3, -0.25) is 9.59 Å². The summed E-state index contributed by atoms with van der Waals surface area (Å²) >= 11 is 0. The van der Waals surface area contributed by atoms with Crippen LogP contribution in [-0.2, 0) is 43.3 Å². The van der Waals surface area contributed by atoms with Crippen molar-refractivity contribution in [3.63, 3.8) is 0 Å². The van der Waals surface area contributed by atoms with Crippen LogP contribution in [0.2, 0.25) is 0 Å². The number of hydrogen-bond acceptors (Lipinski definition) is 12. The largest absolute Gasteiger partial charge is 0.492 e. The fraction of sp³-hybridized carbons (Fsp3) is 0.562. The summed E-state index contributed by atoms with van der Waals surface area (Å²) in [5.74, 6) is -0.819. The highest BCUT2D eigenvalue weighted by Crippen LogP contribution is 2.58. The number of aryl methyl sites for hydroxylation is 1. The Morgan fingerprint density at radius 1 is 1.10 bits per heavy atom. The molecule has 0 amide bonds. The number of aldehydes is 1. The summed E-state index contributed by atoms with van der Waals surface area (Å²) in [4.78, 5) is 47.0. The molecule has 1 aromatic heterocycles. The number of likely N-dealkylation sites (tertiary alicyclic amines) is 1. The molecule has 4 N–H and O–H groups in total. The zero-order valence-corrected chi connectivity index (χ0v) is 35.3. The number of fused-ring (bicyclic) bond motifs is 8. The molecular weight excluding hydrogens is 781 g/mol. The van der Waals surface area contributed by atoms with Gasteiger partial charge in [0.1, 0.15) is 34.7 Å². The molecule has 4 aliphatic heterocycles. The van der Waals surface area contributed by atoms with Crippen LogP contribution in [0.25, 0.3) is 16.5 Å². The number of Topliss-reactive ketones (excluding diaryl/α,β-unsaturated/α-hetero) is 1. The average molecular weight is 839 g/mol. The molecule has 13 nitrogen and oxygen atoms in total. The van der Waals surface area contributed by atoms with E-state index in [4.69, 9.17) is 23.7 Å². The zero-order chi connectivity index (χ0) is 42.4. The van der Waals surface area contributed by atoms with Crippen molar-refractivity contribution in [2.24, 2.45) is 17.8 Å². The molecule has 2 aliphatic carbocycles. The first-order valence-corrected chi connectivity index (χ1v) is 22.3. The second-order valence-electron chi connectivity index (χ2n) is 17.9. The second kappa shape index (κ2) is 17.3. The van der Waals surface area contributed by atoms with Gasteiger partial charge in [-0.1, -0.05) is 12.0 Å². The lowest BCUT2D eigenvalue weighted by atomic mass is 9.63. The van der Waals surface area contributed by atoms with Crippen LogP contribution in [0.1, 0.15) is 98.4 Å². The number of rotatable bonds is 10. The molecular formula is C48H58N2O11. The van der Waals surface area contributed by atoms with Gasteiger partial charge in [0.2, 0.25) is 5.76 Å². The SMILES string of the molecule is CCOC(=O)C1=C(C=O)/C2=C3\CCC(=O)[C@H](C3)c3cc4cc[nH]c4cc3CC[C@H](CO)COc3c4c(c(CO)c(c32)O1)O[C@H]([C@@]1(O)CCC[C@H]2CN(CCCOC)CC[C@@H]21)C4. The number of aliphatic hydroxyl groups is 3. The first-order chi connectivity index (χ1) is 29.7. The van der Waals surface area contributed by atoms with Gasteiger partial charge in [0.05, 0.1) is 36.5 Å². The number of ketones is 1. The summed E-state index contributed by atoms with van der Waals surface area (Å²) < 4.78 is 31.0. The van der Waals surface area contributed by atoms with Crippen molar-refractivity contribution < 1.29 is 53.4 Å². The normalized spacial score (nSPS) is 28.8. The molecule has 2 saturated carbocycles. The van der Waals surface area contributed by atoms with E-state index in [-0.39, 0.29) is 85.3 Å². The van der Waals surface area contributed by atoms with Crippen molar-refractivity contribution >= 4 is 34.5 Å². The number of methoxy groups -OCH3 is 1. The Morgan fingerprint density at radius 2 is 1.97 bits per heavy atom. The third-order valence-electron chi connectivity index (χ3n) is 14.5. The Kier molecular flexibility index (Phi) is 11.9. The summed E-state index contributed by atoms with van der Waals surface area (Å²) in [5, 5.41) is 36.0. The Morgan fingerprint density at radius 3 is 2.75 bits per heavy atom. The number of carbonyl (C=O) groups is 3. The molecule has 5 heterocycles. The van der Waals surface area contributed by atoms with E-state index in [2.05, 4.69) is 22.0 Å². The minimum Gasteiger partial charge on any atom is -0.492 e. The predicted molar refractivity (Wildman–Crippen MR) is 225 cm³/mol. The number of carbonyl (C=O) groups excluding carboxylic acids is 3. The number of allylic oxidation sites excluding steroid dienone is 3. The van der Waals surface area contributed by atoms with Crippen LogP contribution < -0.4 is 14.2 Å². The van der Waals surface area contributed by atoms with Gasteiger partial charge in [0.25, 0.3) is 0 Å². The molecule has 3 fully saturated rings. The number of aromatic amines is 1. The molecule has 6 atom stereocenters. The maximum atomic E-state index is 14.1. The van der Waals surface area contributed by atoms with E-state index >= 15 is 0 Å². The first kappa shape index (κ1) is 41.8. The van der Waals surface area contributed by atoms with Gasteiger partial charge in [0.15, 0.2) is 6.29 Å². The Labute approximate surface area is 356 Å². The maximum Gasteiger partial charge on any atom is 0.375 e. The summed E-state index contributed by atoms with van der Waals surface area (Å²) in [6, 6.07) is 6.15. The van der Waals surface area contributed by atoms with Crippen LogP contribution in [0, 0.1) is 17.8 Å². The molecule has 3 aromatic rings. The van der Waals surface area contributed by atoms with Crippen LogP contribution in [0.3, 0.4) is 0 Å². The van der Waals surface area contributed by atoms with Crippen LogP contribution in [0.15, 0.2) is 41.3 Å². The topological polar surface area (TPSA) is 177 Å². The lowest BCUT2D eigenvalue weighted by Gasteiger charge is -2.51. The molecule has 326 valence electrons. The van der Waals surface area contributed by atoms with E-state index in [0.717, 1.165) is 72.9 Å². The van der Waals surface area contributed by atoms with Crippen molar-refractivity contribution in [3.8, 4) is 17.2 Å². The molecule has 9 rings (SSSR count). The quantitative estimate of drug-likeness (QED) is 0.115. The predicted octanol–water partition coefficient (Wildman–Crippen LogP) is 5.49. The van der Waals surface area contributed by atoms with E-state index in [9.17, 15) is 29.7 Å². The minimum atomic E-state index is -1.17.